The summed E-state index contributed by atoms with van der Waals surface area (Å²) in [4.78, 5) is 8.87. The monoisotopic (exact) mass is 259 g/mol. The zero-order valence-electron chi connectivity index (χ0n) is 12.0. The highest BCUT2D eigenvalue weighted by atomic mass is 15.3. The number of hydrogen-bond donors (Lipinski definition) is 1. The van der Waals surface area contributed by atoms with Gasteiger partial charge >= 0.3 is 0 Å². The highest BCUT2D eigenvalue weighted by Crippen LogP contribution is 2.07. The molecule has 0 aliphatic rings. The Kier molecular flexibility index (Phi) is 4.27. The van der Waals surface area contributed by atoms with Crippen molar-refractivity contribution in [1.29, 1.82) is 0 Å². The quantitative estimate of drug-likeness (QED) is 0.892. The molecule has 0 amide bonds. The van der Waals surface area contributed by atoms with E-state index in [2.05, 4.69) is 34.2 Å². The number of aromatic nitrogens is 4. The lowest BCUT2D eigenvalue weighted by molar-refractivity contribution is 0.550. The van der Waals surface area contributed by atoms with Gasteiger partial charge in [0.1, 0.15) is 0 Å². The third-order valence-corrected chi connectivity index (χ3v) is 2.86. The first-order valence-electron chi connectivity index (χ1n) is 6.62. The van der Waals surface area contributed by atoms with Crippen molar-refractivity contribution in [2.24, 2.45) is 5.92 Å². The zero-order valence-corrected chi connectivity index (χ0v) is 12.0. The lowest BCUT2D eigenvalue weighted by Crippen LogP contribution is -2.20. The van der Waals surface area contributed by atoms with Crippen molar-refractivity contribution >= 4 is 0 Å². The molecule has 102 valence electrons. The molecule has 0 radical (unpaired) electrons. The molecule has 5 nitrogen and oxygen atoms in total. The predicted molar refractivity (Wildman–Crippen MR) is 75.2 cm³/mol. The van der Waals surface area contributed by atoms with Gasteiger partial charge in [0.25, 0.3) is 5.95 Å². The molecule has 2 heterocycles. The second kappa shape index (κ2) is 5.93. The topological polar surface area (TPSA) is 55.6 Å². The van der Waals surface area contributed by atoms with Crippen molar-refractivity contribution < 1.29 is 0 Å². The van der Waals surface area contributed by atoms with Crippen molar-refractivity contribution in [1.82, 2.24) is 25.1 Å². The Morgan fingerprint density at radius 1 is 1.32 bits per heavy atom. The average molecular weight is 259 g/mol. The number of hydrogen-bond acceptors (Lipinski definition) is 4. The Morgan fingerprint density at radius 3 is 2.68 bits per heavy atom. The van der Waals surface area contributed by atoms with E-state index in [0.29, 0.717) is 11.9 Å². The molecule has 2 aromatic rings. The first kappa shape index (κ1) is 13.7. The molecule has 0 aromatic carbocycles. The van der Waals surface area contributed by atoms with Crippen molar-refractivity contribution in [2.75, 3.05) is 6.54 Å². The Morgan fingerprint density at radius 2 is 2.11 bits per heavy atom. The standard InChI is InChI=1S/C14H21N5/c1-10(2)7-15-8-13-9-16-14(17-12(13)4)19-6-5-11(3)18-19/h5-6,9-10,15H,7-8H2,1-4H3. The van der Waals surface area contributed by atoms with Crippen LogP contribution in [0.15, 0.2) is 18.5 Å². The van der Waals surface area contributed by atoms with Crippen LogP contribution in [0.2, 0.25) is 0 Å². The molecule has 0 saturated heterocycles. The van der Waals surface area contributed by atoms with Gasteiger partial charge in [-0.15, -0.1) is 0 Å². The van der Waals surface area contributed by atoms with Crippen LogP contribution in [0.4, 0.5) is 0 Å². The van der Waals surface area contributed by atoms with E-state index >= 15 is 0 Å². The Hall–Kier alpha value is -1.75. The van der Waals surface area contributed by atoms with E-state index in [1.165, 1.54) is 0 Å². The minimum Gasteiger partial charge on any atom is -0.312 e. The van der Waals surface area contributed by atoms with Gasteiger partial charge in [0.05, 0.1) is 5.69 Å². The van der Waals surface area contributed by atoms with Gasteiger partial charge in [0.2, 0.25) is 0 Å². The van der Waals surface area contributed by atoms with Crippen LogP contribution < -0.4 is 5.32 Å². The van der Waals surface area contributed by atoms with E-state index in [0.717, 1.165) is 30.0 Å². The van der Waals surface area contributed by atoms with Crippen LogP contribution in [0.3, 0.4) is 0 Å². The molecule has 0 atom stereocenters. The molecule has 2 aromatic heterocycles. The Balaban J connectivity index is 2.09. The molecular weight excluding hydrogens is 238 g/mol. The van der Waals surface area contributed by atoms with Gasteiger partial charge in [0, 0.05) is 30.2 Å². The number of nitrogens with one attached hydrogen (secondary N) is 1. The van der Waals surface area contributed by atoms with E-state index in [9.17, 15) is 0 Å². The van der Waals surface area contributed by atoms with Crippen LogP contribution in [0, 0.1) is 19.8 Å². The summed E-state index contributed by atoms with van der Waals surface area (Å²) in [6, 6.07) is 1.94. The van der Waals surface area contributed by atoms with Crippen molar-refractivity contribution in [2.45, 2.75) is 34.2 Å². The van der Waals surface area contributed by atoms with Gasteiger partial charge in [-0.2, -0.15) is 5.10 Å². The van der Waals surface area contributed by atoms with Gasteiger partial charge in [-0.05, 0) is 32.4 Å². The second-order valence-electron chi connectivity index (χ2n) is 5.21. The largest absolute Gasteiger partial charge is 0.312 e. The molecule has 0 bridgehead atoms. The maximum atomic E-state index is 4.50. The first-order valence-corrected chi connectivity index (χ1v) is 6.62. The maximum Gasteiger partial charge on any atom is 0.250 e. The molecule has 19 heavy (non-hydrogen) atoms. The molecule has 0 spiro atoms. The molecule has 0 aliphatic carbocycles. The van der Waals surface area contributed by atoms with Gasteiger partial charge in [0.15, 0.2) is 0 Å². The van der Waals surface area contributed by atoms with E-state index < -0.39 is 0 Å². The lowest BCUT2D eigenvalue weighted by atomic mass is 10.2. The summed E-state index contributed by atoms with van der Waals surface area (Å²) in [7, 11) is 0. The van der Waals surface area contributed by atoms with E-state index in [1.807, 2.05) is 32.3 Å². The molecule has 0 unspecified atom stereocenters. The molecule has 5 heteroatoms. The first-order chi connectivity index (χ1) is 9.06. The van der Waals surface area contributed by atoms with Gasteiger partial charge in [-0.3, -0.25) is 0 Å². The summed E-state index contributed by atoms with van der Waals surface area (Å²) in [5.74, 6) is 1.27. The molecule has 1 N–H and O–H groups in total. The summed E-state index contributed by atoms with van der Waals surface area (Å²) in [5, 5.41) is 7.72. The minimum atomic E-state index is 0.623. The lowest BCUT2D eigenvalue weighted by Gasteiger charge is -2.09. The van der Waals surface area contributed by atoms with E-state index in [-0.39, 0.29) is 0 Å². The average Bonchev–Trinajstić information content (AvgIpc) is 2.77. The fourth-order valence-electron chi connectivity index (χ4n) is 1.79. The van der Waals surface area contributed by atoms with Crippen LogP contribution in [0.1, 0.15) is 30.8 Å². The summed E-state index contributed by atoms with van der Waals surface area (Å²) >= 11 is 0. The second-order valence-corrected chi connectivity index (χ2v) is 5.21. The summed E-state index contributed by atoms with van der Waals surface area (Å²) in [6.45, 7) is 10.2. The summed E-state index contributed by atoms with van der Waals surface area (Å²) in [6.07, 6.45) is 3.75. The highest BCUT2D eigenvalue weighted by molar-refractivity contribution is 5.21. The van der Waals surface area contributed by atoms with Gasteiger partial charge in [-0.1, -0.05) is 13.8 Å². The van der Waals surface area contributed by atoms with Crippen LogP contribution in [0.25, 0.3) is 5.95 Å². The van der Waals surface area contributed by atoms with Gasteiger partial charge in [-0.25, -0.2) is 14.6 Å². The highest BCUT2D eigenvalue weighted by Gasteiger charge is 2.06. The number of aryl methyl sites for hydroxylation is 2. The van der Waals surface area contributed by atoms with Crippen LogP contribution >= 0.6 is 0 Å². The van der Waals surface area contributed by atoms with Crippen LogP contribution in [-0.4, -0.2) is 26.3 Å². The Labute approximate surface area is 114 Å². The summed E-state index contributed by atoms with van der Waals surface area (Å²) < 4.78 is 1.70. The molecule has 2 rings (SSSR count). The molecular formula is C14H21N5. The fourth-order valence-corrected chi connectivity index (χ4v) is 1.79. The molecule has 0 saturated carbocycles. The van der Waals surface area contributed by atoms with Crippen LogP contribution in [0.5, 0.6) is 0 Å². The third kappa shape index (κ3) is 3.61. The number of rotatable bonds is 5. The zero-order chi connectivity index (χ0) is 13.8. The fraction of sp³-hybridized carbons (Fsp3) is 0.500. The third-order valence-electron chi connectivity index (χ3n) is 2.86. The predicted octanol–water partition coefficient (Wildman–Crippen LogP) is 2.02. The SMILES string of the molecule is Cc1ccn(-c2ncc(CNCC(C)C)c(C)n2)n1. The van der Waals surface area contributed by atoms with Gasteiger partial charge < -0.3 is 5.32 Å². The number of nitrogens with zero attached hydrogens (tertiary/aromatic N) is 4. The molecule has 0 fully saturated rings. The van der Waals surface area contributed by atoms with Crippen molar-refractivity contribution in [3.05, 3.63) is 35.4 Å². The maximum absolute atomic E-state index is 4.50. The summed E-state index contributed by atoms with van der Waals surface area (Å²) in [5.41, 5.74) is 3.09. The normalized spacial score (nSPS) is 11.2. The smallest absolute Gasteiger partial charge is 0.250 e. The minimum absolute atomic E-state index is 0.623. The van der Waals surface area contributed by atoms with E-state index in [1.54, 1.807) is 4.68 Å². The van der Waals surface area contributed by atoms with Crippen LogP contribution in [-0.2, 0) is 6.54 Å². The van der Waals surface area contributed by atoms with Crippen molar-refractivity contribution in [3.8, 4) is 5.95 Å². The Bertz CT molecular complexity index is 545. The van der Waals surface area contributed by atoms with Crippen molar-refractivity contribution in [3.63, 3.8) is 0 Å². The van der Waals surface area contributed by atoms with E-state index in [4.69, 9.17) is 0 Å². The molecule has 0 aliphatic heterocycles.